The molecule has 1 aromatic carbocycles. The highest BCUT2D eigenvalue weighted by Crippen LogP contribution is 2.49. The lowest BCUT2D eigenvalue weighted by Gasteiger charge is -2.28. The number of sulfonamides is 1. The fraction of sp³-hybridized carbons (Fsp3) is 0.500. The smallest absolute Gasteiger partial charge is 0.319 e. The van der Waals surface area contributed by atoms with Gasteiger partial charge < -0.3 is 10.6 Å². The van der Waals surface area contributed by atoms with Crippen molar-refractivity contribution in [3.8, 4) is 0 Å². The normalized spacial score (nSPS) is 24.4. The highest BCUT2D eigenvalue weighted by Gasteiger charge is 2.42. The van der Waals surface area contributed by atoms with Crippen LogP contribution in [0.3, 0.4) is 0 Å². The van der Waals surface area contributed by atoms with Crippen LogP contribution < -0.4 is 15.4 Å². The molecule has 0 saturated heterocycles. The Morgan fingerprint density at radius 1 is 1.21 bits per heavy atom. The Hall–Kier alpha value is -2.39. The van der Waals surface area contributed by atoms with Crippen LogP contribution in [0, 0.1) is 17.8 Å². The third-order valence-corrected chi connectivity index (χ3v) is 7.77. The number of benzene rings is 1. The predicted molar refractivity (Wildman–Crippen MR) is 110 cm³/mol. The minimum atomic E-state index is -3.59. The summed E-state index contributed by atoms with van der Waals surface area (Å²) in [5.41, 5.74) is 1.31. The quantitative estimate of drug-likeness (QED) is 0.554. The molecule has 2 aliphatic carbocycles. The molecule has 0 spiro atoms. The summed E-state index contributed by atoms with van der Waals surface area (Å²) in [4.78, 5) is 12.2. The van der Waals surface area contributed by atoms with E-state index in [1.165, 1.54) is 31.4 Å². The number of carbonyl (C=O) groups is 1. The fourth-order valence-electron chi connectivity index (χ4n) is 4.76. The zero-order chi connectivity index (χ0) is 20.4. The number of anilines is 1. The van der Waals surface area contributed by atoms with Crippen LogP contribution in [0.2, 0.25) is 0 Å². The van der Waals surface area contributed by atoms with E-state index in [9.17, 15) is 13.2 Å². The highest BCUT2D eigenvalue weighted by molar-refractivity contribution is 7.89. The maximum absolute atomic E-state index is 12.8. The van der Waals surface area contributed by atoms with Gasteiger partial charge in [-0.3, -0.25) is 5.10 Å². The molecule has 2 saturated carbocycles. The van der Waals surface area contributed by atoms with E-state index >= 15 is 0 Å². The van der Waals surface area contributed by atoms with Crippen molar-refractivity contribution in [1.82, 2.24) is 20.2 Å². The van der Waals surface area contributed by atoms with E-state index < -0.39 is 10.0 Å². The van der Waals surface area contributed by atoms with Gasteiger partial charge in [-0.1, -0.05) is 6.42 Å². The number of aromatic nitrogens is 2. The molecule has 1 aromatic heterocycles. The molecule has 156 valence electrons. The second kappa shape index (κ2) is 8.16. The Labute approximate surface area is 170 Å². The summed E-state index contributed by atoms with van der Waals surface area (Å²) in [5.74, 6) is 1.87. The first-order chi connectivity index (χ1) is 13.9. The maximum atomic E-state index is 12.8. The largest absolute Gasteiger partial charge is 0.332 e. The molecule has 2 fully saturated rings. The molecule has 0 aliphatic heterocycles. The minimum Gasteiger partial charge on any atom is -0.332 e. The van der Waals surface area contributed by atoms with Crippen molar-refractivity contribution < 1.29 is 13.2 Å². The molecule has 29 heavy (non-hydrogen) atoms. The Morgan fingerprint density at radius 2 is 2.00 bits per heavy atom. The fourth-order valence-corrected chi connectivity index (χ4v) is 6.05. The first kappa shape index (κ1) is 19.9. The van der Waals surface area contributed by atoms with Crippen molar-refractivity contribution in [1.29, 1.82) is 0 Å². The first-order valence-electron chi connectivity index (χ1n) is 10.1. The molecule has 4 atom stereocenters. The summed E-state index contributed by atoms with van der Waals surface area (Å²) in [6, 6.07) is 7.53. The van der Waals surface area contributed by atoms with Gasteiger partial charge in [-0.2, -0.15) is 5.10 Å². The monoisotopic (exact) mass is 417 g/mol. The van der Waals surface area contributed by atoms with Crippen LogP contribution in [0.25, 0.3) is 0 Å². The van der Waals surface area contributed by atoms with E-state index in [2.05, 4.69) is 25.6 Å². The number of amides is 2. The molecule has 8 nitrogen and oxygen atoms in total. The summed E-state index contributed by atoms with van der Waals surface area (Å²) >= 11 is 0. The van der Waals surface area contributed by atoms with Crippen molar-refractivity contribution >= 4 is 21.7 Å². The molecule has 4 N–H and O–H groups in total. The Morgan fingerprint density at radius 3 is 2.62 bits per heavy atom. The van der Waals surface area contributed by atoms with Crippen LogP contribution in [0.4, 0.5) is 10.5 Å². The number of hydrogen-bond donors (Lipinski definition) is 4. The highest BCUT2D eigenvalue weighted by atomic mass is 32.2. The van der Waals surface area contributed by atoms with Crippen LogP contribution in [0.1, 0.15) is 38.3 Å². The molecule has 9 heteroatoms. The lowest BCUT2D eigenvalue weighted by molar-refractivity contribution is 0.251. The average molecular weight is 418 g/mol. The standard InChI is InChI=1S/C20H27N5O3S/c1-13(19-11-14-2-3-15(19)10-14)25-29(27,28)18-6-4-16(5-7-18)23-20(26)21-12-17-8-9-22-24-17/h4-9,13-15,19,25H,2-3,10-12H2,1H3,(H,22,24)(H2,21,23,26)/t13-,14-,15-,19-/m0/s1. The van der Waals surface area contributed by atoms with Crippen LogP contribution in [-0.4, -0.2) is 30.7 Å². The van der Waals surface area contributed by atoms with Gasteiger partial charge in [0.1, 0.15) is 0 Å². The van der Waals surface area contributed by atoms with Crippen LogP contribution in [0.15, 0.2) is 41.4 Å². The zero-order valence-corrected chi connectivity index (χ0v) is 17.2. The molecule has 2 amide bonds. The summed E-state index contributed by atoms with van der Waals surface area (Å²) in [7, 11) is -3.59. The summed E-state index contributed by atoms with van der Waals surface area (Å²) in [6.45, 7) is 2.30. The van der Waals surface area contributed by atoms with Gasteiger partial charge in [0.15, 0.2) is 0 Å². The number of nitrogens with zero attached hydrogens (tertiary/aromatic N) is 1. The number of carbonyl (C=O) groups excluding carboxylic acids is 1. The SMILES string of the molecule is C[C@H](NS(=O)(=O)c1ccc(NC(=O)NCc2ccn[nH]2)cc1)[C@@H]1C[C@H]2CC[C@H]1C2. The van der Waals surface area contributed by atoms with Gasteiger partial charge in [0, 0.05) is 17.9 Å². The van der Waals surface area contributed by atoms with Crippen molar-refractivity contribution in [2.75, 3.05) is 5.32 Å². The van der Waals surface area contributed by atoms with Crippen LogP contribution in [0.5, 0.6) is 0 Å². The van der Waals surface area contributed by atoms with Crippen LogP contribution in [-0.2, 0) is 16.6 Å². The molecule has 2 aliphatic rings. The van der Waals surface area contributed by atoms with Crippen LogP contribution >= 0.6 is 0 Å². The number of aromatic amines is 1. The van der Waals surface area contributed by atoms with Gasteiger partial charge in [0.05, 0.1) is 17.1 Å². The molecule has 0 unspecified atom stereocenters. The Bertz CT molecular complexity index is 943. The zero-order valence-electron chi connectivity index (χ0n) is 16.4. The van der Waals surface area contributed by atoms with Gasteiger partial charge in [-0.05, 0) is 74.3 Å². The van der Waals surface area contributed by atoms with Gasteiger partial charge in [0.25, 0.3) is 0 Å². The van der Waals surface area contributed by atoms with Crippen molar-refractivity contribution in [3.63, 3.8) is 0 Å². The molecule has 2 bridgehead atoms. The molecular weight excluding hydrogens is 390 g/mol. The summed E-state index contributed by atoms with van der Waals surface area (Å²) in [6.07, 6.45) is 6.51. The van der Waals surface area contributed by atoms with Crippen molar-refractivity contribution in [3.05, 3.63) is 42.2 Å². The van der Waals surface area contributed by atoms with E-state index in [1.54, 1.807) is 24.4 Å². The molecule has 0 radical (unpaired) electrons. The number of nitrogens with one attached hydrogen (secondary N) is 4. The third kappa shape index (κ3) is 4.62. The average Bonchev–Trinajstić information content (AvgIpc) is 3.44. The van der Waals surface area contributed by atoms with E-state index in [4.69, 9.17) is 0 Å². The molecule has 4 rings (SSSR count). The number of rotatable bonds is 7. The first-order valence-corrected chi connectivity index (χ1v) is 11.5. The van der Waals surface area contributed by atoms with E-state index in [-0.39, 0.29) is 17.0 Å². The van der Waals surface area contributed by atoms with Gasteiger partial charge in [-0.25, -0.2) is 17.9 Å². The summed E-state index contributed by atoms with van der Waals surface area (Å²) < 4.78 is 28.4. The predicted octanol–water partition coefficient (Wildman–Crippen LogP) is 2.83. The lowest BCUT2D eigenvalue weighted by atomic mass is 9.84. The number of H-pyrrole nitrogens is 1. The van der Waals surface area contributed by atoms with E-state index in [0.29, 0.717) is 24.1 Å². The number of fused-ring (bicyclic) bond motifs is 2. The second-order valence-electron chi connectivity index (χ2n) is 8.16. The van der Waals surface area contributed by atoms with Crippen molar-refractivity contribution in [2.45, 2.75) is 50.1 Å². The van der Waals surface area contributed by atoms with Gasteiger partial charge in [0.2, 0.25) is 10.0 Å². The number of hydrogen-bond acceptors (Lipinski definition) is 4. The second-order valence-corrected chi connectivity index (χ2v) is 9.88. The molecule has 1 heterocycles. The lowest BCUT2D eigenvalue weighted by Crippen LogP contribution is -2.40. The maximum Gasteiger partial charge on any atom is 0.319 e. The van der Waals surface area contributed by atoms with Gasteiger partial charge >= 0.3 is 6.03 Å². The Kier molecular flexibility index (Phi) is 5.60. The third-order valence-electron chi connectivity index (χ3n) is 6.20. The van der Waals surface area contributed by atoms with E-state index in [1.807, 2.05) is 6.92 Å². The van der Waals surface area contributed by atoms with Crippen molar-refractivity contribution in [2.24, 2.45) is 17.8 Å². The minimum absolute atomic E-state index is 0.0682. The number of urea groups is 1. The Balaban J connectivity index is 1.32. The summed E-state index contributed by atoms with van der Waals surface area (Å²) in [5, 5.41) is 12.0. The topological polar surface area (TPSA) is 116 Å². The molecular formula is C20H27N5O3S. The van der Waals surface area contributed by atoms with Gasteiger partial charge in [-0.15, -0.1) is 0 Å². The molecule has 2 aromatic rings. The van der Waals surface area contributed by atoms with E-state index in [0.717, 1.165) is 18.0 Å².